The van der Waals surface area contributed by atoms with Crippen molar-refractivity contribution in [3.05, 3.63) is 30.1 Å². The summed E-state index contributed by atoms with van der Waals surface area (Å²) in [6, 6.07) is 2.50. The van der Waals surface area contributed by atoms with E-state index in [1.165, 1.54) is 24.8 Å². The Bertz CT molecular complexity index is 364. The van der Waals surface area contributed by atoms with Crippen LogP contribution in [-0.4, -0.2) is 9.78 Å². The normalized spacial score (nSPS) is 23.8. The van der Waals surface area contributed by atoms with E-state index >= 15 is 0 Å². The van der Waals surface area contributed by atoms with Gasteiger partial charge in [-0.05, 0) is 57.9 Å². The molecular weight excluding hydrogens is 220 g/mol. The van der Waals surface area contributed by atoms with E-state index in [-0.39, 0.29) is 0 Å². The number of allylic oxidation sites excluding steroid dienone is 1. The summed E-state index contributed by atoms with van der Waals surface area (Å²) >= 11 is 0. The Morgan fingerprint density at radius 1 is 1.28 bits per heavy atom. The highest BCUT2D eigenvalue weighted by Crippen LogP contribution is 2.53. The fraction of sp³-hybridized carbons (Fsp3) is 0.688. The Balaban J connectivity index is 0.000000161. The van der Waals surface area contributed by atoms with Gasteiger partial charge in [-0.1, -0.05) is 26.0 Å². The molecular formula is C16H28N2. The second-order valence-electron chi connectivity index (χ2n) is 5.44. The Morgan fingerprint density at radius 2 is 1.83 bits per heavy atom. The lowest BCUT2D eigenvalue weighted by atomic mass is 10.2. The Hall–Kier alpha value is -1.05. The quantitative estimate of drug-likeness (QED) is 0.654. The van der Waals surface area contributed by atoms with E-state index in [0.29, 0.717) is 6.04 Å². The van der Waals surface area contributed by atoms with Gasteiger partial charge in [0.15, 0.2) is 0 Å². The van der Waals surface area contributed by atoms with Crippen LogP contribution >= 0.6 is 0 Å². The largest absolute Gasteiger partial charge is 0.270 e. The summed E-state index contributed by atoms with van der Waals surface area (Å²) in [6.45, 7) is 14.2. The predicted molar refractivity (Wildman–Crippen MR) is 78.7 cm³/mol. The Kier molecular flexibility index (Phi) is 5.64. The summed E-state index contributed by atoms with van der Waals surface area (Å²) in [5.41, 5.74) is 2.59. The van der Waals surface area contributed by atoms with Crippen LogP contribution in [0.1, 0.15) is 58.7 Å². The summed E-state index contributed by atoms with van der Waals surface area (Å²) in [6.07, 6.45) is 6.22. The van der Waals surface area contributed by atoms with E-state index in [4.69, 9.17) is 0 Å². The smallest absolute Gasteiger partial charge is 0.0593 e. The molecule has 2 saturated carbocycles. The molecule has 3 rings (SSSR count). The summed E-state index contributed by atoms with van der Waals surface area (Å²) in [5, 5.41) is 4.23. The lowest BCUT2D eigenvalue weighted by molar-refractivity contribution is 0.529. The van der Waals surface area contributed by atoms with E-state index in [9.17, 15) is 0 Å². The molecule has 0 aromatic carbocycles. The monoisotopic (exact) mass is 248 g/mol. The van der Waals surface area contributed by atoms with Crippen molar-refractivity contribution < 1.29 is 0 Å². The molecule has 0 radical (unpaired) electrons. The molecule has 0 amide bonds. The molecule has 1 aromatic rings. The maximum Gasteiger partial charge on any atom is 0.0593 e. The van der Waals surface area contributed by atoms with Gasteiger partial charge >= 0.3 is 0 Å². The van der Waals surface area contributed by atoms with Gasteiger partial charge in [-0.2, -0.15) is 5.10 Å². The standard InChI is InChI=1S/C7H12N2.C7H10.C2H6/c1-6(2)9-5-4-7(3)8-9;1-5-2-6-4-7(6)3-5;1-2/h4-6H,1-3H3;6-7H,1-4H2;1-2H3/t;6-,7?;/m.1./s1. The van der Waals surface area contributed by atoms with E-state index < -0.39 is 0 Å². The summed E-state index contributed by atoms with van der Waals surface area (Å²) < 4.78 is 1.95. The van der Waals surface area contributed by atoms with Gasteiger partial charge in [0, 0.05) is 12.2 Å². The van der Waals surface area contributed by atoms with E-state index in [0.717, 1.165) is 17.5 Å². The molecule has 1 heterocycles. The van der Waals surface area contributed by atoms with E-state index in [2.05, 4.69) is 25.5 Å². The first-order valence-electron chi connectivity index (χ1n) is 7.24. The molecule has 2 fully saturated rings. The van der Waals surface area contributed by atoms with Crippen molar-refractivity contribution in [3.63, 3.8) is 0 Å². The highest BCUT2D eigenvalue weighted by molar-refractivity contribution is 5.13. The molecule has 2 aliphatic rings. The molecule has 2 nitrogen and oxygen atoms in total. The molecule has 0 aliphatic heterocycles. The maximum atomic E-state index is 4.23. The fourth-order valence-electron chi connectivity index (χ4n) is 2.36. The van der Waals surface area contributed by atoms with Gasteiger partial charge in [-0.3, -0.25) is 4.68 Å². The van der Waals surface area contributed by atoms with Crippen LogP contribution in [0.15, 0.2) is 24.4 Å². The zero-order chi connectivity index (χ0) is 13.7. The van der Waals surface area contributed by atoms with Gasteiger partial charge in [-0.25, -0.2) is 0 Å². The number of rotatable bonds is 1. The van der Waals surface area contributed by atoms with Gasteiger partial charge in [0.25, 0.3) is 0 Å². The van der Waals surface area contributed by atoms with Gasteiger partial charge in [0.05, 0.1) is 5.69 Å². The molecule has 0 N–H and O–H groups in total. The summed E-state index contributed by atoms with van der Waals surface area (Å²) in [4.78, 5) is 0. The topological polar surface area (TPSA) is 17.8 Å². The summed E-state index contributed by atoms with van der Waals surface area (Å²) in [7, 11) is 0. The zero-order valence-electron chi connectivity index (χ0n) is 12.6. The van der Waals surface area contributed by atoms with Crippen LogP contribution in [0.2, 0.25) is 0 Å². The number of fused-ring (bicyclic) bond motifs is 1. The van der Waals surface area contributed by atoms with Crippen LogP contribution in [0.5, 0.6) is 0 Å². The minimum absolute atomic E-state index is 0.485. The third-order valence-corrected chi connectivity index (χ3v) is 3.44. The molecule has 1 aromatic heterocycles. The van der Waals surface area contributed by atoms with Crippen molar-refractivity contribution in [3.8, 4) is 0 Å². The van der Waals surface area contributed by atoms with Crippen molar-refractivity contribution in [2.24, 2.45) is 11.8 Å². The average molecular weight is 248 g/mol. The fourth-order valence-corrected chi connectivity index (χ4v) is 2.36. The molecule has 2 atom stereocenters. The number of aryl methyl sites for hydroxylation is 1. The second kappa shape index (κ2) is 6.77. The van der Waals surface area contributed by atoms with Crippen molar-refractivity contribution >= 4 is 0 Å². The van der Waals surface area contributed by atoms with Crippen molar-refractivity contribution in [1.29, 1.82) is 0 Å². The highest BCUT2D eigenvalue weighted by Gasteiger charge is 2.42. The Labute approximate surface area is 112 Å². The number of hydrogen-bond donors (Lipinski definition) is 0. The second-order valence-corrected chi connectivity index (χ2v) is 5.44. The third-order valence-electron chi connectivity index (χ3n) is 3.44. The van der Waals surface area contributed by atoms with Gasteiger partial charge in [-0.15, -0.1) is 0 Å². The van der Waals surface area contributed by atoms with Crippen LogP contribution in [0, 0.1) is 18.8 Å². The van der Waals surface area contributed by atoms with Crippen LogP contribution in [0.4, 0.5) is 0 Å². The first-order valence-corrected chi connectivity index (χ1v) is 7.24. The molecule has 2 heteroatoms. The zero-order valence-corrected chi connectivity index (χ0v) is 12.6. The number of nitrogens with zero attached hydrogens (tertiary/aromatic N) is 2. The summed E-state index contributed by atoms with van der Waals surface area (Å²) in [5.74, 6) is 2.18. The van der Waals surface area contributed by atoms with Crippen LogP contribution < -0.4 is 0 Å². The highest BCUT2D eigenvalue weighted by atomic mass is 15.3. The first-order chi connectivity index (χ1) is 8.56. The lowest BCUT2D eigenvalue weighted by Gasteiger charge is -2.02. The minimum atomic E-state index is 0.485. The molecule has 18 heavy (non-hydrogen) atoms. The van der Waals surface area contributed by atoms with Crippen molar-refractivity contribution in [2.75, 3.05) is 0 Å². The third kappa shape index (κ3) is 4.32. The average Bonchev–Trinajstić information content (AvgIpc) is 2.77. The molecule has 102 valence electrons. The molecule has 0 bridgehead atoms. The number of aromatic nitrogens is 2. The Morgan fingerprint density at radius 3 is 2.06 bits per heavy atom. The SMILES string of the molecule is C=C1CC2C[C@H]2C1.CC.Cc1ccn(C(C)C)n1. The molecule has 0 saturated heterocycles. The van der Waals surface area contributed by atoms with Crippen LogP contribution in [-0.2, 0) is 0 Å². The maximum absolute atomic E-state index is 4.23. The van der Waals surface area contributed by atoms with E-state index in [1.54, 1.807) is 0 Å². The van der Waals surface area contributed by atoms with Crippen molar-refractivity contribution in [1.82, 2.24) is 9.78 Å². The van der Waals surface area contributed by atoms with Gasteiger partial charge in [0.2, 0.25) is 0 Å². The van der Waals surface area contributed by atoms with Crippen molar-refractivity contribution in [2.45, 2.75) is 59.9 Å². The van der Waals surface area contributed by atoms with Gasteiger partial charge in [0.1, 0.15) is 0 Å². The predicted octanol–water partition coefficient (Wildman–Crippen LogP) is 4.77. The van der Waals surface area contributed by atoms with E-state index in [1.807, 2.05) is 37.7 Å². The first kappa shape index (κ1) is 15.0. The number of hydrogen-bond acceptors (Lipinski definition) is 1. The van der Waals surface area contributed by atoms with Gasteiger partial charge < -0.3 is 0 Å². The minimum Gasteiger partial charge on any atom is -0.270 e. The molecule has 1 unspecified atom stereocenters. The van der Waals surface area contributed by atoms with Crippen LogP contribution in [0.3, 0.4) is 0 Å². The molecule has 2 aliphatic carbocycles. The molecule has 0 spiro atoms. The van der Waals surface area contributed by atoms with Crippen LogP contribution in [0.25, 0.3) is 0 Å². The lowest BCUT2D eigenvalue weighted by Crippen LogP contribution is -2.00.